The predicted molar refractivity (Wildman–Crippen MR) is 87.1 cm³/mol. The fraction of sp³-hybridized carbons (Fsp3) is 0.647. The van der Waals surface area contributed by atoms with Crippen LogP contribution in [-0.4, -0.2) is 48.6 Å². The van der Waals surface area contributed by atoms with Gasteiger partial charge >= 0.3 is 0 Å². The molecule has 2 aliphatic rings. The van der Waals surface area contributed by atoms with Gasteiger partial charge in [0.25, 0.3) is 0 Å². The van der Waals surface area contributed by atoms with Crippen molar-refractivity contribution in [2.45, 2.75) is 44.8 Å². The molecular formula is C17H25ClN2O. The normalized spacial score (nSPS) is 26.8. The van der Waals surface area contributed by atoms with Crippen molar-refractivity contribution in [1.29, 1.82) is 0 Å². The summed E-state index contributed by atoms with van der Waals surface area (Å²) in [5.41, 5.74) is 1.13. The first-order chi connectivity index (χ1) is 10.2. The summed E-state index contributed by atoms with van der Waals surface area (Å²) in [5, 5.41) is 0.818. The molecule has 0 amide bonds. The van der Waals surface area contributed by atoms with Crippen LogP contribution in [0.15, 0.2) is 18.2 Å². The Kier molecular flexibility index (Phi) is 4.72. The number of benzene rings is 1. The lowest BCUT2D eigenvalue weighted by molar-refractivity contribution is 0.0432. The van der Waals surface area contributed by atoms with Crippen molar-refractivity contribution in [1.82, 2.24) is 9.80 Å². The molecule has 116 valence electrons. The lowest BCUT2D eigenvalue weighted by atomic mass is 10.0. The SMILES string of the molecule is CCC1CN2CCCC2CN1Cc1c(Cl)cccc1OC. The van der Waals surface area contributed by atoms with E-state index in [1.807, 2.05) is 18.2 Å². The minimum atomic E-state index is 0.625. The molecule has 0 bridgehead atoms. The van der Waals surface area contributed by atoms with Gasteiger partial charge in [-0.1, -0.05) is 24.6 Å². The van der Waals surface area contributed by atoms with Crippen molar-refractivity contribution in [2.75, 3.05) is 26.7 Å². The van der Waals surface area contributed by atoms with E-state index < -0.39 is 0 Å². The van der Waals surface area contributed by atoms with Gasteiger partial charge in [0.05, 0.1) is 7.11 Å². The van der Waals surface area contributed by atoms with Crippen molar-refractivity contribution in [2.24, 2.45) is 0 Å². The number of fused-ring (bicyclic) bond motifs is 1. The molecule has 4 heteroatoms. The molecule has 0 spiro atoms. The number of hydrogen-bond acceptors (Lipinski definition) is 3. The first-order valence-electron chi connectivity index (χ1n) is 8.02. The minimum absolute atomic E-state index is 0.625. The molecule has 2 saturated heterocycles. The predicted octanol–water partition coefficient (Wildman–Crippen LogP) is 3.41. The van der Waals surface area contributed by atoms with Gasteiger partial charge in [0.2, 0.25) is 0 Å². The Morgan fingerprint density at radius 3 is 2.95 bits per heavy atom. The quantitative estimate of drug-likeness (QED) is 0.848. The molecule has 2 heterocycles. The largest absolute Gasteiger partial charge is 0.496 e. The van der Waals surface area contributed by atoms with Crippen LogP contribution < -0.4 is 4.74 Å². The van der Waals surface area contributed by atoms with E-state index in [-0.39, 0.29) is 0 Å². The van der Waals surface area contributed by atoms with Crippen LogP contribution >= 0.6 is 11.6 Å². The lowest BCUT2D eigenvalue weighted by Gasteiger charge is -2.43. The third-order valence-corrected chi connectivity index (χ3v) is 5.39. The minimum Gasteiger partial charge on any atom is -0.496 e. The highest BCUT2D eigenvalue weighted by molar-refractivity contribution is 6.31. The summed E-state index contributed by atoms with van der Waals surface area (Å²) >= 11 is 6.41. The van der Waals surface area contributed by atoms with Gasteiger partial charge in [0.15, 0.2) is 0 Å². The Hall–Kier alpha value is -0.770. The molecule has 3 rings (SSSR count). The van der Waals surface area contributed by atoms with Gasteiger partial charge in [-0.3, -0.25) is 9.80 Å². The van der Waals surface area contributed by atoms with E-state index in [1.165, 1.54) is 32.4 Å². The van der Waals surface area contributed by atoms with Crippen LogP contribution in [0.3, 0.4) is 0 Å². The zero-order valence-corrected chi connectivity index (χ0v) is 13.8. The summed E-state index contributed by atoms with van der Waals surface area (Å²) < 4.78 is 5.50. The van der Waals surface area contributed by atoms with Crippen molar-refractivity contribution < 1.29 is 4.74 Å². The van der Waals surface area contributed by atoms with Gasteiger partial charge in [0.1, 0.15) is 5.75 Å². The number of halogens is 1. The number of methoxy groups -OCH3 is 1. The highest BCUT2D eigenvalue weighted by Gasteiger charge is 2.35. The number of nitrogens with zero attached hydrogens (tertiary/aromatic N) is 2. The molecule has 0 N–H and O–H groups in total. The number of piperazine rings is 1. The van der Waals surface area contributed by atoms with E-state index in [9.17, 15) is 0 Å². The third-order valence-electron chi connectivity index (χ3n) is 5.03. The molecule has 1 aromatic carbocycles. The van der Waals surface area contributed by atoms with Crippen LogP contribution in [0.25, 0.3) is 0 Å². The van der Waals surface area contributed by atoms with Gasteiger partial charge in [-0.25, -0.2) is 0 Å². The molecule has 2 aliphatic heterocycles. The molecule has 0 aromatic heterocycles. The van der Waals surface area contributed by atoms with Crippen molar-refractivity contribution in [3.63, 3.8) is 0 Å². The van der Waals surface area contributed by atoms with Crippen LogP contribution in [0.1, 0.15) is 31.7 Å². The van der Waals surface area contributed by atoms with Crippen molar-refractivity contribution >= 4 is 11.6 Å². The fourth-order valence-corrected chi connectivity index (χ4v) is 4.04. The van der Waals surface area contributed by atoms with Crippen LogP contribution in [0.2, 0.25) is 5.02 Å². The summed E-state index contributed by atoms with van der Waals surface area (Å²) in [5.74, 6) is 0.909. The van der Waals surface area contributed by atoms with Crippen LogP contribution in [-0.2, 0) is 6.54 Å². The molecule has 1 aromatic rings. The summed E-state index contributed by atoms with van der Waals surface area (Å²) in [6.45, 7) is 6.83. The Bertz CT molecular complexity index is 494. The van der Waals surface area contributed by atoms with Crippen LogP contribution in [0.5, 0.6) is 5.75 Å². The van der Waals surface area contributed by atoms with E-state index in [2.05, 4.69) is 16.7 Å². The number of rotatable bonds is 4. The average molecular weight is 309 g/mol. The molecule has 21 heavy (non-hydrogen) atoms. The topological polar surface area (TPSA) is 15.7 Å². The summed E-state index contributed by atoms with van der Waals surface area (Å²) in [4.78, 5) is 5.28. The molecule has 2 unspecified atom stereocenters. The first-order valence-corrected chi connectivity index (χ1v) is 8.40. The van der Waals surface area contributed by atoms with Gasteiger partial charge in [0, 0.05) is 42.3 Å². The molecule has 2 atom stereocenters. The van der Waals surface area contributed by atoms with Gasteiger partial charge < -0.3 is 4.74 Å². The molecule has 0 aliphatic carbocycles. The second kappa shape index (κ2) is 6.55. The lowest BCUT2D eigenvalue weighted by Crippen LogP contribution is -2.55. The van der Waals surface area contributed by atoms with E-state index in [0.717, 1.165) is 35.5 Å². The summed E-state index contributed by atoms with van der Waals surface area (Å²) in [7, 11) is 1.72. The summed E-state index contributed by atoms with van der Waals surface area (Å²) in [6, 6.07) is 7.29. The van der Waals surface area contributed by atoms with Gasteiger partial charge in [-0.05, 0) is 37.9 Å². The van der Waals surface area contributed by atoms with Crippen molar-refractivity contribution in [3.05, 3.63) is 28.8 Å². The maximum atomic E-state index is 6.41. The maximum Gasteiger partial charge on any atom is 0.124 e. The average Bonchev–Trinajstić information content (AvgIpc) is 2.95. The monoisotopic (exact) mass is 308 g/mol. The zero-order chi connectivity index (χ0) is 14.8. The zero-order valence-electron chi connectivity index (χ0n) is 13.0. The molecule has 0 saturated carbocycles. The molecule has 3 nitrogen and oxygen atoms in total. The van der Waals surface area contributed by atoms with E-state index >= 15 is 0 Å². The van der Waals surface area contributed by atoms with Gasteiger partial charge in [-0.15, -0.1) is 0 Å². The summed E-state index contributed by atoms with van der Waals surface area (Å²) in [6.07, 6.45) is 3.88. The van der Waals surface area contributed by atoms with Crippen molar-refractivity contribution in [3.8, 4) is 5.75 Å². The maximum absolute atomic E-state index is 6.41. The van der Waals surface area contributed by atoms with Gasteiger partial charge in [-0.2, -0.15) is 0 Å². The van der Waals surface area contributed by atoms with E-state index in [4.69, 9.17) is 16.3 Å². The Morgan fingerprint density at radius 2 is 2.19 bits per heavy atom. The molecule has 0 radical (unpaired) electrons. The van der Waals surface area contributed by atoms with Crippen LogP contribution in [0, 0.1) is 0 Å². The fourth-order valence-electron chi connectivity index (χ4n) is 3.82. The van der Waals surface area contributed by atoms with E-state index in [0.29, 0.717) is 6.04 Å². The Labute approximate surface area is 132 Å². The Morgan fingerprint density at radius 1 is 1.33 bits per heavy atom. The van der Waals surface area contributed by atoms with E-state index in [1.54, 1.807) is 7.11 Å². The van der Waals surface area contributed by atoms with Crippen LogP contribution in [0.4, 0.5) is 0 Å². The standard InChI is InChI=1S/C17H25ClN2O/c1-3-13-10-19-9-5-6-14(19)11-20(13)12-15-16(18)7-4-8-17(15)21-2/h4,7-8,13-14H,3,5-6,9-12H2,1-2H3. The number of ether oxygens (including phenoxy) is 1. The molecular weight excluding hydrogens is 284 g/mol. The molecule has 2 fully saturated rings. The third kappa shape index (κ3) is 3.05. The highest BCUT2D eigenvalue weighted by atomic mass is 35.5. The first kappa shape index (κ1) is 15.1. The second-order valence-electron chi connectivity index (χ2n) is 6.20. The highest BCUT2D eigenvalue weighted by Crippen LogP contribution is 2.32. The smallest absolute Gasteiger partial charge is 0.124 e. The second-order valence-corrected chi connectivity index (χ2v) is 6.61. The Balaban J connectivity index is 1.79. The number of hydrogen-bond donors (Lipinski definition) is 0.